The number of halogens is 3. The predicted molar refractivity (Wildman–Crippen MR) is 95.8 cm³/mol. The molecule has 3 atom stereocenters. The monoisotopic (exact) mass is 420 g/mol. The Morgan fingerprint density at radius 3 is 2.61 bits per heavy atom. The van der Waals surface area contributed by atoms with E-state index in [1.54, 1.807) is 11.3 Å². The summed E-state index contributed by atoms with van der Waals surface area (Å²) in [5.41, 5.74) is 1.39. The molecular weight excluding hydrogens is 397 g/mol. The number of likely N-dealkylation sites (tertiary alicyclic amines) is 1. The fourth-order valence-corrected chi connectivity index (χ4v) is 4.13. The number of carbonyl (C=O) groups is 2. The number of piperidine rings is 1. The first-order valence-electron chi connectivity index (χ1n) is 9.21. The molecule has 28 heavy (non-hydrogen) atoms. The number of aliphatic carboxylic acids is 1. The third-order valence-electron chi connectivity index (χ3n) is 5.08. The summed E-state index contributed by atoms with van der Waals surface area (Å²) in [6.45, 7) is 3.10. The summed E-state index contributed by atoms with van der Waals surface area (Å²) < 4.78 is 37.8. The summed E-state index contributed by atoms with van der Waals surface area (Å²) in [6.07, 6.45) is -0.703. The highest BCUT2D eigenvalue weighted by molar-refractivity contribution is 7.07. The third-order valence-corrected chi connectivity index (χ3v) is 5.81. The molecule has 1 saturated carbocycles. The molecule has 10 heteroatoms. The molecule has 2 N–H and O–H groups in total. The molecule has 0 radical (unpaired) electrons. The second-order valence-corrected chi connectivity index (χ2v) is 8.18. The van der Waals surface area contributed by atoms with E-state index in [1.165, 1.54) is 5.56 Å². The first kappa shape index (κ1) is 21.1. The lowest BCUT2D eigenvalue weighted by atomic mass is 9.91. The van der Waals surface area contributed by atoms with Crippen molar-refractivity contribution < 1.29 is 32.6 Å². The number of carbonyl (C=O) groups excluding carboxylic acids is 1. The number of amides is 1. The zero-order valence-electron chi connectivity index (χ0n) is 15.2. The van der Waals surface area contributed by atoms with E-state index in [4.69, 9.17) is 14.6 Å². The number of alkyl halides is 3. The molecule has 0 unspecified atom stereocenters. The average molecular weight is 420 g/mol. The van der Waals surface area contributed by atoms with Crippen molar-refractivity contribution in [3.8, 4) is 0 Å². The second-order valence-electron chi connectivity index (χ2n) is 7.40. The number of nitrogens with zero attached hydrogens (tertiary/aromatic N) is 1. The number of ether oxygens (including phenoxy) is 1. The van der Waals surface area contributed by atoms with E-state index in [0.717, 1.165) is 45.3 Å². The van der Waals surface area contributed by atoms with Crippen LogP contribution in [0.1, 0.15) is 31.2 Å². The highest BCUT2D eigenvalue weighted by atomic mass is 32.1. The maximum atomic E-state index is 12.1. The van der Waals surface area contributed by atoms with Gasteiger partial charge in [-0.15, -0.1) is 0 Å². The first-order chi connectivity index (χ1) is 13.2. The van der Waals surface area contributed by atoms with Crippen LogP contribution in [0, 0.1) is 5.92 Å². The number of carboxylic acids is 1. The van der Waals surface area contributed by atoms with Crippen LogP contribution in [-0.4, -0.2) is 59.4 Å². The van der Waals surface area contributed by atoms with Gasteiger partial charge < -0.3 is 15.2 Å². The summed E-state index contributed by atoms with van der Waals surface area (Å²) in [7, 11) is 0. The normalized spacial score (nSPS) is 27.5. The minimum atomic E-state index is -5.08. The second kappa shape index (κ2) is 8.79. The van der Waals surface area contributed by atoms with E-state index in [0.29, 0.717) is 12.0 Å². The van der Waals surface area contributed by atoms with E-state index in [9.17, 15) is 18.0 Å². The van der Waals surface area contributed by atoms with E-state index >= 15 is 0 Å². The molecule has 1 aromatic rings. The number of hydrogen-bond acceptors (Lipinski definition) is 5. The fourth-order valence-electron chi connectivity index (χ4n) is 3.47. The van der Waals surface area contributed by atoms with Crippen LogP contribution in [-0.2, 0) is 20.9 Å². The molecule has 0 bridgehead atoms. The van der Waals surface area contributed by atoms with Gasteiger partial charge in [0, 0.05) is 19.1 Å². The van der Waals surface area contributed by atoms with Crippen molar-refractivity contribution in [2.24, 2.45) is 5.92 Å². The first-order valence-corrected chi connectivity index (χ1v) is 10.2. The molecule has 156 valence electrons. The maximum absolute atomic E-state index is 12.1. The van der Waals surface area contributed by atoms with Gasteiger partial charge in [-0.2, -0.15) is 24.5 Å². The van der Waals surface area contributed by atoms with Crippen LogP contribution < -0.4 is 5.32 Å². The third kappa shape index (κ3) is 5.92. The molecule has 0 spiro atoms. The van der Waals surface area contributed by atoms with Crippen LogP contribution in [0.2, 0.25) is 0 Å². The van der Waals surface area contributed by atoms with Gasteiger partial charge in [-0.05, 0) is 60.5 Å². The molecule has 0 aromatic carbocycles. The number of nitrogens with one attached hydrogen (secondary N) is 1. The Kier molecular flexibility index (Phi) is 6.61. The molecule has 3 aliphatic rings. The molecule has 3 heterocycles. The lowest BCUT2D eigenvalue weighted by Gasteiger charge is -2.33. The molecule has 4 rings (SSSR count). The van der Waals surface area contributed by atoms with Gasteiger partial charge in [0.2, 0.25) is 5.91 Å². The topological polar surface area (TPSA) is 78.9 Å². The zero-order chi connectivity index (χ0) is 20.3. The SMILES string of the molecule is O=C(NC1CC1)[C@H]1C[C@@H]2CCN(Cc3ccsc3)C[C@@H]2O1.O=C(O)C(F)(F)F. The summed E-state index contributed by atoms with van der Waals surface area (Å²) in [6, 6.07) is 2.62. The van der Waals surface area contributed by atoms with Crippen molar-refractivity contribution in [1.29, 1.82) is 0 Å². The standard InChI is InChI=1S/C16H22N2O2S.C2HF3O2/c19-16(17-13-1-2-13)14-7-12-3-5-18(9-15(12)20-14)8-11-4-6-21-10-11;3-2(4,5)1(6)7/h4,6,10,12-15H,1-3,5,7-9H2,(H,17,19);(H,6,7)/t12-,14+,15-;/m0./s1. The number of fused-ring (bicyclic) bond motifs is 1. The van der Waals surface area contributed by atoms with Crippen LogP contribution in [0.25, 0.3) is 0 Å². The van der Waals surface area contributed by atoms with Gasteiger partial charge >= 0.3 is 12.1 Å². The van der Waals surface area contributed by atoms with Crippen molar-refractivity contribution in [3.63, 3.8) is 0 Å². The Morgan fingerprint density at radius 2 is 2.04 bits per heavy atom. The Balaban J connectivity index is 0.000000279. The Labute approximate surface area is 164 Å². The van der Waals surface area contributed by atoms with Gasteiger partial charge in [0.05, 0.1) is 6.10 Å². The maximum Gasteiger partial charge on any atom is 0.490 e. The van der Waals surface area contributed by atoms with Crippen molar-refractivity contribution in [2.75, 3.05) is 13.1 Å². The molecule has 1 aliphatic carbocycles. The summed E-state index contributed by atoms with van der Waals surface area (Å²) in [4.78, 5) is 23.5. The Morgan fingerprint density at radius 1 is 1.32 bits per heavy atom. The van der Waals surface area contributed by atoms with Gasteiger partial charge in [-0.25, -0.2) is 4.79 Å². The lowest BCUT2D eigenvalue weighted by molar-refractivity contribution is -0.192. The minimum Gasteiger partial charge on any atom is -0.475 e. The predicted octanol–water partition coefficient (Wildman–Crippen LogP) is 2.64. The van der Waals surface area contributed by atoms with Gasteiger partial charge in [0.1, 0.15) is 6.10 Å². The van der Waals surface area contributed by atoms with Crippen LogP contribution in [0.15, 0.2) is 16.8 Å². The summed E-state index contributed by atoms with van der Waals surface area (Å²) in [5.74, 6) is -2.07. The van der Waals surface area contributed by atoms with E-state index in [1.807, 2.05) is 0 Å². The largest absolute Gasteiger partial charge is 0.490 e. The molecule has 2 aliphatic heterocycles. The smallest absolute Gasteiger partial charge is 0.475 e. The highest BCUT2D eigenvalue weighted by Gasteiger charge is 2.42. The van der Waals surface area contributed by atoms with Crippen molar-refractivity contribution in [3.05, 3.63) is 22.4 Å². The van der Waals surface area contributed by atoms with E-state index in [-0.39, 0.29) is 18.1 Å². The summed E-state index contributed by atoms with van der Waals surface area (Å²) >= 11 is 1.75. The number of rotatable bonds is 4. The molecule has 3 fully saturated rings. The zero-order valence-corrected chi connectivity index (χ0v) is 16.0. The average Bonchev–Trinajstić information content (AvgIpc) is 3.11. The van der Waals surface area contributed by atoms with Crippen molar-refractivity contribution >= 4 is 23.2 Å². The van der Waals surface area contributed by atoms with Crippen LogP contribution in [0.4, 0.5) is 13.2 Å². The number of hydrogen-bond donors (Lipinski definition) is 2. The molecule has 1 aromatic heterocycles. The van der Waals surface area contributed by atoms with E-state index in [2.05, 4.69) is 27.0 Å². The quantitative estimate of drug-likeness (QED) is 0.783. The molecular formula is C18H23F3N2O4S. The van der Waals surface area contributed by atoms with Crippen molar-refractivity contribution in [2.45, 2.75) is 56.7 Å². The fraction of sp³-hybridized carbons (Fsp3) is 0.667. The van der Waals surface area contributed by atoms with Crippen LogP contribution in [0.5, 0.6) is 0 Å². The Hall–Kier alpha value is -1.65. The van der Waals surface area contributed by atoms with Crippen LogP contribution in [0.3, 0.4) is 0 Å². The molecule has 1 amide bonds. The van der Waals surface area contributed by atoms with Crippen LogP contribution >= 0.6 is 11.3 Å². The van der Waals surface area contributed by atoms with E-state index < -0.39 is 12.1 Å². The van der Waals surface area contributed by atoms with Gasteiger partial charge in [-0.3, -0.25) is 9.69 Å². The van der Waals surface area contributed by atoms with Gasteiger partial charge in [0.15, 0.2) is 0 Å². The lowest BCUT2D eigenvalue weighted by Crippen LogP contribution is -2.42. The van der Waals surface area contributed by atoms with Gasteiger partial charge in [0.25, 0.3) is 0 Å². The summed E-state index contributed by atoms with van der Waals surface area (Å²) in [5, 5.41) is 14.5. The molecule has 6 nitrogen and oxygen atoms in total. The van der Waals surface area contributed by atoms with Crippen molar-refractivity contribution in [1.82, 2.24) is 10.2 Å². The van der Waals surface area contributed by atoms with Gasteiger partial charge in [-0.1, -0.05) is 0 Å². The minimum absolute atomic E-state index is 0.122. The highest BCUT2D eigenvalue weighted by Crippen LogP contribution is 2.34. The molecule has 2 saturated heterocycles. The number of carboxylic acid groups (broad SMARTS) is 1. The Bertz CT molecular complexity index is 679. The number of thiophene rings is 1.